The van der Waals surface area contributed by atoms with Gasteiger partial charge in [0.05, 0.1) is 5.75 Å². The van der Waals surface area contributed by atoms with Crippen molar-refractivity contribution in [3.63, 3.8) is 0 Å². The molecule has 84 valence electrons. The fraction of sp³-hybridized carbons (Fsp3) is 1.00. The molecule has 2 atom stereocenters. The van der Waals surface area contributed by atoms with Crippen LogP contribution in [0.3, 0.4) is 0 Å². The van der Waals surface area contributed by atoms with Gasteiger partial charge in [-0.15, -0.1) is 0 Å². The minimum absolute atomic E-state index is 0.197. The van der Waals surface area contributed by atoms with Crippen LogP contribution in [0.5, 0.6) is 0 Å². The Morgan fingerprint density at radius 3 is 2.71 bits per heavy atom. The molecule has 1 fully saturated rings. The minimum atomic E-state index is -2.02. The zero-order valence-electron chi connectivity index (χ0n) is 8.25. The first-order chi connectivity index (χ1) is 6.68. The predicted molar refractivity (Wildman–Crippen MR) is 55.4 cm³/mol. The van der Waals surface area contributed by atoms with Crippen molar-refractivity contribution in [3.05, 3.63) is 0 Å². The molecule has 14 heavy (non-hydrogen) atoms. The van der Waals surface area contributed by atoms with Gasteiger partial charge in [-0.3, -0.25) is 0 Å². The Kier molecular flexibility index (Phi) is 5.59. The average Bonchev–Trinajstić information content (AvgIpc) is 2.55. The highest BCUT2D eigenvalue weighted by molar-refractivity contribution is 7.79. The van der Waals surface area contributed by atoms with E-state index in [4.69, 9.17) is 4.55 Å². The predicted octanol–water partition coefficient (Wildman–Crippen LogP) is 1.33. The molecule has 0 aromatic carbocycles. The highest BCUT2D eigenvalue weighted by atomic mass is 32.2. The number of halogens is 1. The van der Waals surface area contributed by atoms with Crippen LogP contribution in [-0.4, -0.2) is 33.8 Å². The molecule has 5 heteroatoms. The smallest absolute Gasteiger partial charge is 0.155 e. The van der Waals surface area contributed by atoms with Crippen molar-refractivity contribution in [2.75, 3.05) is 18.8 Å². The van der Waals surface area contributed by atoms with Gasteiger partial charge in [-0.25, -0.2) is 8.60 Å². The molecule has 1 aliphatic rings. The highest BCUT2D eigenvalue weighted by Crippen LogP contribution is 2.23. The molecule has 0 amide bonds. The van der Waals surface area contributed by atoms with Crippen molar-refractivity contribution in [1.29, 1.82) is 0 Å². The van der Waals surface area contributed by atoms with Crippen molar-refractivity contribution in [3.8, 4) is 0 Å². The van der Waals surface area contributed by atoms with Crippen molar-refractivity contribution in [1.82, 2.24) is 5.32 Å². The summed E-state index contributed by atoms with van der Waals surface area (Å²) < 4.78 is 31.6. The Morgan fingerprint density at radius 2 is 2.14 bits per heavy atom. The Hall–Kier alpha value is -0.0000000000000000486. The van der Waals surface area contributed by atoms with E-state index in [1.165, 1.54) is 25.7 Å². The Bertz CT molecular complexity index is 186. The second-order valence-corrected chi connectivity index (χ2v) is 4.87. The quantitative estimate of drug-likeness (QED) is 0.668. The largest absolute Gasteiger partial charge is 0.314 e. The van der Waals surface area contributed by atoms with Crippen LogP contribution in [-0.2, 0) is 11.1 Å². The molecule has 0 aromatic rings. The van der Waals surface area contributed by atoms with Gasteiger partial charge < -0.3 is 9.87 Å². The maximum atomic E-state index is 12.9. The monoisotopic (exact) mass is 223 g/mol. The van der Waals surface area contributed by atoms with Crippen molar-refractivity contribution in [2.45, 2.75) is 31.9 Å². The van der Waals surface area contributed by atoms with E-state index in [1.807, 2.05) is 0 Å². The van der Waals surface area contributed by atoms with E-state index in [2.05, 4.69) is 5.32 Å². The van der Waals surface area contributed by atoms with Gasteiger partial charge in [-0.2, -0.15) is 0 Å². The van der Waals surface area contributed by atoms with Gasteiger partial charge in [-0.05, 0) is 25.3 Å². The molecule has 1 saturated carbocycles. The number of hydrogen-bond acceptors (Lipinski definition) is 2. The van der Waals surface area contributed by atoms with Gasteiger partial charge in [0.25, 0.3) is 0 Å². The summed E-state index contributed by atoms with van der Waals surface area (Å²) in [5.41, 5.74) is 0. The molecular weight excluding hydrogens is 205 g/mol. The lowest BCUT2D eigenvalue weighted by atomic mass is 10.1. The lowest BCUT2D eigenvalue weighted by molar-refractivity contribution is 0.334. The Labute approximate surface area is 86.7 Å². The van der Waals surface area contributed by atoms with E-state index >= 15 is 0 Å². The molecule has 1 rings (SSSR count). The number of nitrogens with one attached hydrogen (secondary N) is 1. The summed E-state index contributed by atoms with van der Waals surface area (Å²) in [6, 6.07) is 0. The highest BCUT2D eigenvalue weighted by Gasteiger charge is 2.15. The fourth-order valence-electron chi connectivity index (χ4n) is 1.87. The normalized spacial score (nSPS) is 22.4. The zero-order valence-corrected chi connectivity index (χ0v) is 9.06. The maximum Gasteiger partial charge on any atom is 0.155 e. The lowest BCUT2D eigenvalue weighted by Gasteiger charge is -2.11. The van der Waals surface area contributed by atoms with Crippen LogP contribution in [0.2, 0.25) is 0 Å². The molecule has 1 aliphatic carbocycles. The standard InChI is InChI=1S/C9H18FNO2S/c10-9(7-14(12)13)6-11-5-8-3-1-2-4-8/h8-9,11H,1-7H2,(H,12,13)/t9-/m1/s1. The first kappa shape index (κ1) is 12.1. The molecule has 0 spiro atoms. The van der Waals surface area contributed by atoms with Gasteiger partial charge in [0.2, 0.25) is 0 Å². The van der Waals surface area contributed by atoms with E-state index in [-0.39, 0.29) is 12.3 Å². The SMILES string of the molecule is O=S(O)C[C@H](F)CNCC1CCCC1. The topological polar surface area (TPSA) is 49.3 Å². The minimum Gasteiger partial charge on any atom is -0.314 e. The second-order valence-electron chi connectivity index (χ2n) is 3.89. The summed E-state index contributed by atoms with van der Waals surface area (Å²) in [5.74, 6) is 0.402. The summed E-state index contributed by atoms with van der Waals surface area (Å²) in [4.78, 5) is 0. The number of alkyl halides is 1. The first-order valence-corrected chi connectivity index (χ1v) is 6.38. The van der Waals surface area contributed by atoms with Gasteiger partial charge in [-0.1, -0.05) is 12.8 Å². The second kappa shape index (κ2) is 6.48. The molecule has 0 heterocycles. The summed E-state index contributed by atoms with van der Waals surface area (Å²) in [6.07, 6.45) is 3.83. The molecule has 0 aliphatic heterocycles. The summed E-state index contributed by atoms with van der Waals surface area (Å²) >= 11 is -2.02. The molecule has 2 N–H and O–H groups in total. The van der Waals surface area contributed by atoms with Crippen LogP contribution < -0.4 is 5.32 Å². The third kappa shape index (κ3) is 5.02. The Balaban J connectivity index is 1.99. The van der Waals surface area contributed by atoms with Crippen LogP contribution in [0.25, 0.3) is 0 Å². The van der Waals surface area contributed by atoms with Crippen LogP contribution in [0.1, 0.15) is 25.7 Å². The van der Waals surface area contributed by atoms with Gasteiger partial charge >= 0.3 is 0 Å². The fourth-order valence-corrected chi connectivity index (χ4v) is 2.30. The van der Waals surface area contributed by atoms with Crippen molar-refractivity contribution in [2.24, 2.45) is 5.92 Å². The third-order valence-corrected chi connectivity index (χ3v) is 3.24. The van der Waals surface area contributed by atoms with Gasteiger partial charge in [0, 0.05) is 6.54 Å². The van der Waals surface area contributed by atoms with E-state index < -0.39 is 17.3 Å². The van der Waals surface area contributed by atoms with Crippen LogP contribution >= 0.6 is 0 Å². The molecular formula is C9H18FNO2S. The number of rotatable bonds is 6. The van der Waals surface area contributed by atoms with Gasteiger partial charge in [0.1, 0.15) is 6.17 Å². The van der Waals surface area contributed by atoms with E-state index in [0.717, 1.165) is 6.54 Å². The van der Waals surface area contributed by atoms with Crippen LogP contribution in [0.4, 0.5) is 4.39 Å². The average molecular weight is 223 g/mol. The molecule has 0 bridgehead atoms. The van der Waals surface area contributed by atoms with Crippen molar-refractivity contribution < 1.29 is 13.2 Å². The third-order valence-electron chi connectivity index (χ3n) is 2.60. The van der Waals surface area contributed by atoms with E-state index in [0.29, 0.717) is 5.92 Å². The molecule has 0 saturated heterocycles. The van der Waals surface area contributed by atoms with Crippen LogP contribution in [0, 0.1) is 5.92 Å². The lowest BCUT2D eigenvalue weighted by Crippen LogP contribution is -2.30. The summed E-state index contributed by atoms with van der Waals surface area (Å²) in [6.45, 7) is 1.04. The van der Waals surface area contributed by atoms with E-state index in [1.54, 1.807) is 0 Å². The van der Waals surface area contributed by atoms with E-state index in [9.17, 15) is 8.60 Å². The molecule has 1 unspecified atom stereocenters. The molecule has 0 aromatic heterocycles. The molecule has 0 radical (unpaired) electrons. The summed E-state index contributed by atoms with van der Waals surface area (Å²) in [5, 5.41) is 3.01. The maximum absolute atomic E-state index is 12.9. The van der Waals surface area contributed by atoms with Crippen LogP contribution in [0.15, 0.2) is 0 Å². The van der Waals surface area contributed by atoms with Crippen molar-refractivity contribution >= 4 is 11.1 Å². The first-order valence-electron chi connectivity index (χ1n) is 5.10. The Morgan fingerprint density at radius 1 is 1.50 bits per heavy atom. The summed E-state index contributed by atoms with van der Waals surface area (Å²) in [7, 11) is 0. The zero-order chi connectivity index (χ0) is 10.4. The van der Waals surface area contributed by atoms with Gasteiger partial charge in [0.15, 0.2) is 11.1 Å². The number of hydrogen-bond donors (Lipinski definition) is 2. The molecule has 3 nitrogen and oxygen atoms in total.